The second kappa shape index (κ2) is 11.2. The van der Waals surface area contributed by atoms with E-state index in [1.807, 2.05) is 13.8 Å². The topological polar surface area (TPSA) is 137 Å². The molecule has 2 saturated heterocycles. The fourth-order valence-electron chi connectivity index (χ4n) is 6.84. The lowest BCUT2D eigenvalue weighted by Crippen LogP contribution is -2.50. The minimum atomic E-state index is -4.83. The number of aliphatic imine (C=N–C) groups is 1. The van der Waals surface area contributed by atoms with Crippen LogP contribution >= 0.6 is 0 Å². The van der Waals surface area contributed by atoms with Crippen LogP contribution in [0.5, 0.6) is 5.75 Å². The van der Waals surface area contributed by atoms with E-state index in [9.17, 15) is 36.0 Å². The van der Waals surface area contributed by atoms with Gasteiger partial charge in [0.25, 0.3) is 11.8 Å². The van der Waals surface area contributed by atoms with Crippen LogP contribution in [0.1, 0.15) is 60.8 Å². The summed E-state index contributed by atoms with van der Waals surface area (Å²) in [6.07, 6.45) is -0.206. The Morgan fingerprint density at radius 3 is 2.11 bits per heavy atom. The number of aryl methyl sites for hydroxylation is 2. The van der Waals surface area contributed by atoms with Gasteiger partial charge in [0, 0.05) is 29.7 Å². The van der Waals surface area contributed by atoms with Crippen molar-refractivity contribution in [3.05, 3.63) is 64.1 Å². The van der Waals surface area contributed by atoms with E-state index in [-0.39, 0.29) is 37.7 Å². The zero-order chi connectivity index (χ0) is 33.1. The van der Waals surface area contributed by atoms with Gasteiger partial charge in [-0.15, -0.1) is 13.2 Å². The molecule has 4 aliphatic rings. The smallest absolute Gasteiger partial charge is 0.406 e. The van der Waals surface area contributed by atoms with Gasteiger partial charge in [0.1, 0.15) is 22.7 Å². The fraction of sp³-hybridized carbons (Fsp3) is 0.419. The van der Waals surface area contributed by atoms with Crippen LogP contribution in [0.2, 0.25) is 0 Å². The molecule has 1 saturated carbocycles. The summed E-state index contributed by atoms with van der Waals surface area (Å²) in [7, 11) is -3.88. The summed E-state index contributed by atoms with van der Waals surface area (Å²) in [5.41, 5.74) is 1.05. The highest BCUT2D eigenvalue weighted by Gasteiger charge is 2.55. The van der Waals surface area contributed by atoms with E-state index in [0.29, 0.717) is 29.7 Å². The van der Waals surface area contributed by atoms with Crippen LogP contribution in [0, 0.1) is 13.8 Å². The van der Waals surface area contributed by atoms with E-state index in [2.05, 4.69) is 20.4 Å². The second-order valence-corrected chi connectivity index (χ2v) is 13.9. The Morgan fingerprint density at radius 1 is 0.913 bits per heavy atom. The van der Waals surface area contributed by atoms with E-state index in [0.717, 1.165) is 41.5 Å². The molecule has 3 fully saturated rings. The van der Waals surface area contributed by atoms with Crippen molar-refractivity contribution in [1.29, 1.82) is 0 Å². The van der Waals surface area contributed by atoms with Crippen LogP contribution in [0.25, 0.3) is 6.08 Å². The number of halogens is 3. The summed E-state index contributed by atoms with van der Waals surface area (Å²) in [5.74, 6) is -0.889. The van der Waals surface area contributed by atoms with Crippen LogP contribution in [-0.2, 0) is 19.6 Å². The SMILES string of the molecule is Cc1cc(N2C(=O)NC(=O)C23CCCC3)cc(C)c1/C=C/S(=O)(=O)N1CCC2(CC1)N=C(c1ccc(OC(F)(F)F)cc1)NC2=O. The number of ether oxygens (including phenoxy) is 1. The van der Waals surface area contributed by atoms with Crippen molar-refractivity contribution in [1.82, 2.24) is 14.9 Å². The Kier molecular flexibility index (Phi) is 7.74. The van der Waals surface area contributed by atoms with E-state index in [1.54, 1.807) is 17.0 Å². The second-order valence-electron chi connectivity index (χ2n) is 12.1. The molecular weight excluding hydrogens is 627 g/mol. The number of nitrogens with zero attached hydrogens (tertiary/aromatic N) is 3. The van der Waals surface area contributed by atoms with E-state index in [4.69, 9.17) is 0 Å². The molecular formula is C31H32F3N5O6S. The average molecular weight is 660 g/mol. The summed E-state index contributed by atoms with van der Waals surface area (Å²) in [6.45, 7) is 3.70. The van der Waals surface area contributed by atoms with Gasteiger partial charge in [-0.05, 0) is 98.7 Å². The van der Waals surface area contributed by atoms with Crippen molar-refractivity contribution < 1.29 is 40.7 Å². The molecule has 0 unspecified atom stereocenters. The lowest BCUT2D eigenvalue weighted by molar-refractivity contribution is -0.274. The number of urea groups is 1. The first kappa shape index (κ1) is 31.7. The van der Waals surface area contributed by atoms with Gasteiger partial charge in [-0.3, -0.25) is 24.8 Å². The molecule has 15 heteroatoms. The molecule has 0 bridgehead atoms. The number of alkyl halides is 3. The number of piperidine rings is 1. The quantitative estimate of drug-likeness (QED) is 0.445. The molecule has 0 radical (unpaired) electrons. The lowest BCUT2D eigenvalue weighted by atomic mass is 9.89. The summed E-state index contributed by atoms with van der Waals surface area (Å²) in [4.78, 5) is 44.5. The maximum absolute atomic E-state index is 13.3. The van der Waals surface area contributed by atoms with Crippen molar-refractivity contribution >= 4 is 45.5 Å². The number of sulfonamides is 1. The Morgan fingerprint density at radius 2 is 1.52 bits per heavy atom. The maximum Gasteiger partial charge on any atom is 0.573 e. The molecule has 2 aromatic carbocycles. The normalized spacial score (nSPS) is 21.4. The number of carbonyl (C=O) groups excluding carboxylic acids is 3. The van der Waals surface area contributed by atoms with E-state index >= 15 is 0 Å². The van der Waals surface area contributed by atoms with Crippen molar-refractivity contribution in [3.63, 3.8) is 0 Å². The Labute approximate surface area is 263 Å². The highest BCUT2D eigenvalue weighted by atomic mass is 32.2. The van der Waals surface area contributed by atoms with Gasteiger partial charge in [-0.1, -0.05) is 12.8 Å². The monoisotopic (exact) mass is 659 g/mol. The van der Waals surface area contributed by atoms with Gasteiger partial charge < -0.3 is 10.1 Å². The number of amidine groups is 1. The van der Waals surface area contributed by atoms with Gasteiger partial charge in [-0.25, -0.2) is 13.2 Å². The van der Waals surface area contributed by atoms with Crippen LogP contribution in [-0.4, -0.2) is 66.9 Å². The van der Waals surface area contributed by atoms with Crippen LogP contribution < -0.4 is 20.3 Å². The number of hydrogen-bond acceptors (Lipinski definition) is 7. The predicted molar refractivity (Wildman–Crippen MR) is 162 cm³/mol. The zero-order valence-corrected chi connectivity index (χ0v) is 25.9. The summed E-state index contributed by atoms with van der Waals surface area (Å²) >= 11 is 0. The Bertz CT molecular complexity index is 1750. The van der Waals surface area contributed by atoms with Gasteiger partial charge in [0.15, 0.2) is 0 Å². The zero-order valence-electron chi connectivity index (χ0n) is 25.1. The van der Waals surface area contributed by atoms with Crippen molar-refractivity contribution in [2.75, 3.05) is 18.0 Å². The lowest BCUT2D eigenvalue weighted by Gasteiger charge is -2.34. The largest absolute Gasteiger partial charge is 0.573 e. The molecule has 3 aliphatic heterocycles. The number of rotatable bonds is 6. The minimum absolute atomic E-state index is 0.0340. The maximum atomic E-state index is 13.3. The van der Waals surface area contributed by atoms with Crippen molar-refractivity contribution in [3.8, 4) is 5.75 Å². The number of amides is 4. The molecule has 0 atom stereocenters. The van der Waals surface area contributed by atoms with E-state index < -0.39 is 45.2 Å². The molecule has 3 heterocycles. The van der Waals surface area contributed by atoms with Crippen LogP contribution in [0.4, 0.5) is 23.7 Å². The van der Waals surface area contributed by atoms with Gasteiger partial charge >= 0.3 is 12.4 Å². The Balaban J connectivity index is 1.14. The van der Waals surface area contributed by atoms with Crippen LogP contribution in [0.3, 0.4) is 0 Å². The molecule has 2 spiro atoms. The standard InChI is InChI=1S/C31H32F3N5O6S/c1-19-17-22(39-28(42)36-27(41)30(39)10-3-4-11-30)18-20(2)24(19)9-16-46(43,44)38-14-12-29(13-15-38)26(40)35-25(37-29)21-5-7-23(8-6-21)45-31(32,33)34/h5-9,16-18H,3-4,10-15H2,1-2H3,(H,35,37,40)(H,36,41,42)/b16-9+. The molecule has 6 rings (SSSR count). The highest BCUT2D eigenvalue weighted by Crippen LogP contribution is 2.42. The number of hydrogen-bond donors (Lipinski definition) is 2. The predicted octanol–water partition coefficient (Wildman–Crippen LogP) is 4.28. The average Bonchev–Trinajstić information content (AvgIpc) is 3.65. The number of imide groups is 1. The first-order valence-electron chi connectivity index (χ1n) is 14.9. The highest BCUT2D eigenvalue weighted by molar-refractivity contribution is 7.92. The summed E-state index contributed by atoms with van der Waals surface area (Å²) in [5, 5.41) is 6.25. The van der Waals surface area contributed by atoms with Crippen molar-refractivity contribution in [2.24, 2.45) is 4.99 Å². The van der Waals surface area contributed by atoms with Gasteiger partial charge in [0.2, 0.25) is 10.0 Å². The fourth-order valence-corrected chi connectivity index (χ4v) is 8.01. The van der Waals surface area contributed by atoms with Gasteiger partial charge in [0.05, 0.1) is 0 Å². The molecule has 4 amide bonds. The molecule has 2 N–H and O–H groups in total. The molecule has 0 aromatic heterocycles. The van der Waals surface area contributed by atoms with E-state index in [1.165, 1.54) is 22.5 Å². The third-order valence-electron chi connectivity index (χ3n) is 9.20. The third kappa shape index (κ3) is 5.66. The minimum Gasteiger partial charge on any atom is -0.406 e. The number of anilines is 1. The number of benzene rings is 2. The molecule has 244 valence electrons. The molecule has 11 nitrogen and oxygen atoms in total. The summed E-state index contributed by atoms with van der Waals surface area (Å²) in [6, 6.07) is 8.06. The van der Waals surface area contributed by atoms with Crippen LogP contribution in [0.15, 0.2) is 46.8 Å². The first-order chi connectivity index (χ1) is 21.6. The van der Waals surface area contributed by atoms with Crippen molar-refractivity contribution in [2.45, 2.75) is 69.8 Å². The molecule has 46 heavy (non-hydrogen) atoms. The molecule has 2 aromatic rings. The first-order valence-corrected chi connectivity index (χ1v) is 16.4. The number of carbonyl (C=O) groups is 3. The molecule has 1 aliphatic carbocycles. The summed E-state index contributed by atoms with van der Waals surface area (Å²) < 4.78 is 69.2. The Hall–Kier alpha value is -4.24. The third-order valence-corrected chi connectivity index (χ3v) is 10.8. The van der Waals surface area contributed by atoms with Gasteiger partial charge in [-0.2, -0.15) is 4.31 Å². The number of nitrogens with one attached hydrogen (secondary N) is 2.